The van der Waals surface area contributed by atoms with Crippen LogP contribution < -0.4 is 10.3 Å². The normalized spacial score (nSPS) is 14.8. The molecule has 0 unspecified atom stereocenters. The Bertz CT molecular complexity index is 1370. The van der Waals surface area contributed by atoms with Crippen molar-refractivity contribution in [1.29, 1.82) is 0 Å². The molecular weight excluding hydrogens is 380 g/mol. The molecule has 0 spiro atoms. The predicted molar refractivity (Wildman–Crippen MR) is 113 cm³/mol. The molecule has 6 nitrogen and oxygen atoms in total. The van der Waals surface area contributed by atoms with Crippen molar-refractivity contribution in [1.82, 2.24) is 9.55 Å². The van der Waals surface area contributed by atoms with E-state index in [2.05, 4.69) is 4.98 Å². The molecule has 30 heavy (non-hydrogen) atoms. The number of aromatic nitrogens is 2. The lowest BCUT2D eigenvalue weighted by Gasteiger charge is -2.27. The molecule has 0 aliphatic carbocycles. The van der Waals surface area contributed by atoms with Crippen LogP contribution in [0.2, 0.25) is 0 Å². The van der Waals surface area contributed by atoms with Gasteiger partial charge in [0.1, 0.15) is 11.8 Å². The summed E-state index contributed by atoms with van der Waals surface area (Å²) in [5, 5.41) is 0.999. The number of hydrogen-bond acceptors (Lipinski definition) is 4. The first-order chi connectivity index (χ1) is 14.5. The van der Waals surface area contributed by atoms with Crippen molar-refractivity contribution in [3.8, 4) is 17.1 Å². The molecule has 0 bridgehead atoms. The summed E-state index contributed by atoms with van der Waals surface area (Å²) in [6, 6.07) is 18.9. The van der Waals surface area contributed by atoms with Gasteiger partial charge in [-0.15, -0.1) is 0 Å². The van der Waals surface area contributed by atoms with Gasteiger partial charge in [0.05, 0.1) is 17.0 Å². The Balaban J connectivity index is 1.71. The number of para-hydroxylation sites is 2. The zero-order chi connectivity index (χ0) is 20.8. The Morgan fingerprint density at radius 1 is 1.00 bits per heavy atom. The lowest BCUT2D eigenvalue weighted by atomic mass is 9.95. The first kappa shape index (κ1) is 18.1. The van der Waals surface area contributed by atoms with Crippen LogP contribution in [0.25, 0.3) is 22.3 Å². The van der Waals surface area contributed by atoms with E-state index < -0.39 is 17.6 Å². The average molecular weight is 398 g/mol. The quantitative estimate of drug-likeness (QED) is 0.322. The number of Topliss-reactive ketones (excluding diaryl/α,β-unsaturated/α-hetero) is 1. The summed E-state index contributed by atoms with van der Waals surface area (Å²) in [6.45, 7) is 1.35. The van der Waals surface area contributed by atoms with E-state index in [1.54, 1.807) is 30.3 Å². The number of aromatic amines is 1. The maximum Gasteiger partial charge on any atom is 0.335 e. The summed E-state index contributed by atoms with van der Waals surface area (Å²) < 4.78 is 6.96. The molecule has 148 valence electrons. The van der Waals surface area contributed by atoms with Crippen LogP contribution in [0.5, 0.6) is 5.75 Å². The highest BCUT2D eigenvalue weighted by Gasteiger charge is 2.35. The van der Waals surface area contributed by atoms with Crippen LogP contribution in [0.15, 0.2) is 71.5 Å². The Labute approximate surface area is 171 Å². The summed E-state index contributed by atoms with van der Waals surface area (Å²) in [7, 11) is 0. The highest BCUT2D eigenvalue weighted by molar-refractivity contribution is 5.96. The van der Waals surface area contributed by atoms with E-state index in [0.29, 0.717) is 17.9 Å². The standard InChI is InChI=1S/C24H18N2O4/c1-14(27)16-11-12-20-22-18(17-9-5-6-10-19(17)25-22)13-21(26(20)23(16)28)24(29)30-15-7-3-2-4-8-15/h2-12,21,25H,13H2,1H3/t21-/m0/s1. The second kappa shape index (κ2) is 6.84. The molecule has 0 fully saturated rings. The van der Waals surface area contributed by atoms with Crippen molar-refractivity contribution in [3.05, 3.63) is 88.2 Å². The van der Waals surface area contributed by atoms with Gasteiger partial charge in [-0.3, -0.25) is 14.2 Å². The van der Waals surface area contributed by atoms with Gasteiger partial charge in [0.25, 0.3) is 5.56 Å². The van der Waals surface area contributed by atoms with Gasteiger partial charge in [0.15, 0.2) is 5.78 Å². The van der Waals surface area contributed by atoms with Crippen LogP contribution in [0.3, 0.4) is 0 Å². The summed E-state index contributed by atoms with van der Waals surface area (Å²) in [5.41, 5.74) is 2.80. The summed E-state index contributed by atoms with van der Waals surface area (Å²) in [6.07, 6.45) is 0.291. The minimum absolute atomic E-state index is 0.0517. The van der Waals surface area contributed by atoms with Crippen molar-refractivity contribution >= 4 is 22.7 Å². The van der Waals surface area contributed by atoms with Crippen molar-refractivity contribution in [2.75, 3.05) is 0 Å². The lowest BCUT2D eigenvalue weighted by molar-refractivity contribution is -0.138. The Kier molecular flexibility index (Phi) is 4.13. The Morgan fingerprint density at radius 2 is 1.73 bits per heavy atom. The summed E-state index contributed by atoms with van der Waals surface area (Å²) in [4.78, 5) is 41.7. The van der Waals surface area contributed by atoms with E-state index in [1.165, 1.54) is 17.6 Å². The molecular formula is C24H18N2O4. The maximum absolute atomic E-state index is 13.2. The number of carbonyl (C=O) groups excluding carboxylic acids is 2. The molecule has 0 radical (unpaired) electrons. The number of ether oxygens (including phenoxy) is 1. The number of hydrogen-bond donors (Lipinski definition) is 1. The number of benzene rings is 2. The summed E-state index contributed by atoms with van der Waals surface area (Å²) in [5.74, 6) is -0.473. The predicted octanol–water partition coefficient (Wildman–Crippen LogP) is 3.90. The number of carbonyl (C=O) groups is 2. The van der Waals surface area contributed by atoms with E-state index in [9.17, 15) is 14.4 Å². The molecule has 1 aliphatic heterocycles. The van der Waals surface area contributed by atoms with Crippen LogP contribution in [0.1, 0.15) is 28.9 Å². The molecule has 0 saturated carbocycles. The van der Waals surface area contributed by atoms with E-state index in [0.717, 1.165) is 22.2 Å². The van der Waals surface area contributed by atoms with E-state index in [1.807, 2.05) is 30.3 Å². The van der Waals surface area contributed by atoms with E-state index >= 15 is 0 Å². The topological polar surface area (TPSA) is 81.2 Å². The molecule has 6 heteroatoms. The molecule has 1 N–H and O–H groups in total. The van der Waals surface area contributed by atoms with Crippen LogP contribution in [-0.2, 0) is 11.2 Å². The smallest absolute Gasteiger partial charge is 0.335 e. The molecule has 3 heterocycles. The zero-order valence-electron chi connectivity index (χ0n) is 16.2. The fourth-order valence-electron chi connectivity index (χ4n) is 4.11. The number of fused-ring (bicyclic) bond motifs is 5. The fourth-order valence-corrected chi connectivity index (χ4v) is 4.11. The highest BCUT2D eigenvalue weighted by atomic mass is 16.5. The fraction of sp³-hybridized carbons (Fsp3) is 0.125. The molecule has 2 aromatic carbocycles. The molecule has 4 aromatic rings. The molecule has 5 rings (SSSR count). The van der Waals surface area contributed by atoms with Crippen LogP contribution >= 0.6 is 0 Å². The van der Waals surface area contributed by atoms with Gasteiger partial charge in [-0.05, 0) is 42.8 Å². The van der Waals surface area contributed by atoms with Gasteiger partial charge in [-0.25, -0.2) is 4.79 Å². The third-order valence-corrected chi connectivity index (χ3v) is 5.51. The lowest BCUT2D eigenvalue weighted by Crippen LogP contribution is -2.38. The SMILES string of the molecule is CC(=O)c1ccc2n(c1=O)[C@H](C(=O)Oc1ccccc1)Cc1c-2[nH]c2ccccc12. The van der Waals surface area contributed by atoms with Crippen molar-refractivity contribution < 1.29 is 14.3 Å². The van der Waals surface area contributed by atoms with Gasteiger partial charge < -0.3 is 9.72 Å². The first-order valence-corrected chi connectivity index (χ1v) is 9.68. The van der Waals surface area contributed by atoms with Crippen molar-refractivity contribution in [2.24, 2.45) is 0 Å². The van der Waals surface area contributed by atoms with E-state index in [4.69, 9.17) is 4.74 Å². The van der Waals surface area contributed by atoms with Crippen molar-refractivity contribution in [2.45, 2.75) is 19.4 Å². The largest absolute Gasteiger partial charge is 0.425 e. The average Bonchev–Trinajstić information content (AvgIpc) is 3.12. The number of rotatable bonds is 3. The van der Waals surface area contributed by atoms with Crippen molar-refractivity contribution in [3.63, 3.8) is 0 Å². The molecule has 0 saturated heterocycles. The van der Waals surface area contributed by atoms with Crippen LogP contribution in [0.4, 0.5) is 0 Å². The molecule has 0 amide bonds. The number of H-pyrrole nitrogens is 1. The van der Waals surface area contributed by atoms with Gasteiger partial charge in [-0.1, -0.05) is 36.4 Å². The number of nitrogens with one attached hydrogen (secondary N) is 1. The zero-order valence-corrected chi connectivity index (χ0v) is 16.2. The third kappa shape index (κ3) is 2.76. The molecule has 2 aromatic heterocycles. The van der Waals surface area contributed by atoms with Gasteiger partial charge in [-0.2, -0.15) is 0 Å². The third-order valence-electron chi connectivity index (χ3n) is 5.51. The van der Waals surface area contributed by atoms with Gasteiger partial charge in [0.2, 0.25) is 0 Å². The number of pyridine rings is 1. The minimum Gasteiger partial charge on any atom is -0.425 e. The second-order valence-electron chi connectivity index (χ2n) is 7.34. The highest BCUT2D eigenvalue weighted by Crippen LogP contribution is 2.38. The van der Waals surface area contributed by atoms with Gasteiger partial charge in [0, 0.05) is 17.3 Å². The molecule has 1 aliphatic rings. The number of esters is 1. The monoisotopic (exact) mass is 398 g/mol. The number of ketones is 1. The van der Waals surface area contributed by atoms with E-state index in [-0.39, 0.29) is 11.3 Å². The van der Waals surface area contributed by atoms with Gasteiger partial charge >= 0.3 is 5.97 Å². The number of nitrogens with zero attached hydrogens (tertiary/aromatic N) is 1. The van der Waals surface area contributed by atoms with Crippen LogP contribution in [0, 0.1) is 0 Å². The second-order valence-corrected chi connectivity index (χ2v) is 7.34. The van der Waals surface area contributed by atoms with Crippen LogP contribution in [-0.4, -0.2) is 21.3 Å². The Morgan fingerprint density at radius 3 is 2.50 bits per heavy atom. The molecule has 1 atom stereocenters. The first-order valence-electron chi connectivity index (χ1n) is 9.68. The Hall–Kier alpha value is -3.93. The summed E-state index contributed by atoms with van der Waals surface area (Å²) >= 11 is 0. The minimum atomic E-state index is -0.876. The maximum atomic E-state index is 13.2.